The molecule has 100 valence electrons. The van der Waals surface area contributed by atoms with Crippen LogP contribution in [0.25, 0.3) is 11.0 Å². The van der Waals surface area contributed by atoms with E-state index in [1.807, 2.05) is 19.2 Å². The van der Waals surface area contributed by atoms with Gasteiger partial charge in [-0.1, -0.05) is 18.6 Å². The molecule has 1 aromatic heterocycles. The number of fused-ring (bicyclic) bond motifs is 1. The topological polar surface area (TPSA) is 55.1 Å². The number of hydrogen-bond acceptors (Lipinski definition) is 2. The molecule has 1 heterocycles. The smallest absolute Gasteiger partial charge is 0.307 e. The second kappa shape index (κ2) is 4.37. The van der Waals surface area contributed by atoms with Crippen molar-refractivity contribution in [2.45, 2.75) is 32.1 Å². The summed E-state index contributed by atoms with van der Waals surface area (Å²) in [7, 11) is 1.99. The van der Waals surface area contributed by atoms with Crippen LogP contribution in [-0.4, -0.2) is 20.6 Å². The lowest BCUT2D eigenvalue weighted by atomic mass is 9.95. The molecule has 1 fully saturated rings. The Hall–Kier alpha value is -1.84. The normalized spacial score (nSPS) is 23.1. The van der Waals surface area contributed by atoms with E-state index in [4.69, 9.17) is 0 Å². The summed E-state index contributed by atoms with van der Waals surface area (Å²) in [5, 5.41) is 9.33. The van der Waals surface area contributed by atoms with E-state index in [-0.39, 0.29) is 11.8 Å². The number of para-hydroxylation sites is 1. The molecule has 1 saturated carbocycles. The maximum Gasteiger partial charge on any atom is 0.307 e. The molecule has 0 bridgehead atoms. The molecule has 2 aromatic rings. The summed E-state index contributed by atoms with van der Waals surface area (Å²) < 4.78 is 2.08. The molecule has 3 rings (SSSR count). The molecule has 4 heteroatoms. The summed E-state index contributed by atoms with van der Waals surface area (Å²) in [6.45, 7) is 2.07. The molecule has 0 amide bonds. The summed E-state index contributed by atoms with van der Waals surface area (Å²) in [5.74, 6) is 0.00518. The van der Waals surface area contributed by atoms with Crippen molar-refractivity contribution in [3.63, 3.8) is 0 Å². The van der Waals surface area contributed by atoms with Crippen LogP contribution in [0.2, 0.25) is 0 Å². The lowest BCUT2D eigenvalue weighted by Crippen LogP contribution is -2.19. The van der Waals surface area contributed by atoms with Crippen LogP contribution < -0.4 is 0 Å². The van der Waals surface area contributed by atoms with Crippen LogP contribution in [0.15, 0.2) is 18.2 Å². The van der Waals surface area contributed by atoms with Crippen molar-refractivity contribution >= 4 is 17.0 Å². The van der Waals surface area contributed by atoms with E-state index in [0.29, 0.717) is 0 Å². The van der Waals surface area contributed by atoms with Crippen LogP contribution in [0.3, 0.4) is 0 Å². The number of carboxylic acid groups (broad SMARTS) is 1. The van der Waals surface area contributed by atoms with Crippen LogP contribution in [0.1, 0.15) is 36.6 Å². The third-order valence-corrected chi connectivity index (χ3v) is 4.30. The molecular weight excluding hydrogens is 240 g/mol. The first-order valence-electron chi connectivity index (χ1n) is 6.74. The number of carbonyl (C=O) groups is 1. The molecule has 4 nitrogen and oxygen atoms in total. The Labute approximate surface area is 112 Å². The Morgan fingerprint density at radius 2 is 2.21 bits per heavy atom. The standard InChI is InChI=1S/C15H18N2O2/c1-9-5-3-8-12-13(9)17(2)14(16-12)10-6-4-7-11(10)15(18)19/h3,5,8,10-11H,4,6-7H2,1-2H3,(H,18,19). The van der Waals surface area contributed by atoms with Crippen molar-refractivity contribution < 1.29 is 9.90 Å². The zero-order valence-electron chi connectivity index (χ0n) is 11.3. The van der Waals surface area contributed by atoms with Gasteiger partial charge in [-0.25, -0.2) is 4.98 Å². The van der Waals surface area contributed by atoms with Gasteiger partial charge in [-0.3, -0.25) is 4.79 Å². The zero-order chi connectivity index (χ0) is 13.6. The van der Waals surface area contributed by atoms with Crippen molar-refractivity contribution in [3.8, 4) is 0 Å². The molecule has 1 aliphatic carbocycles. The Morgan fingerprint density at radius 1 is 1.42 bits per heavy atom. The highest BCUT2D eigenvalue weighted by molar-refractivity contribution is 5.80. The van der Waals surface area contributed by atoms with E-state index in [1.54, 1.807) is 0 Å². The van der Waals surface area contributed by atoms with Gasteiger partial charge in [0, 0.05) is 13.0 Å². The highest BCUT2D eigenvalue weighted by Crippen LogP contribution is 2.40. The maximum absolute atomic E-state index is 11.3. The monoisotopic (exact) mass is 258 g/mol. The molecule has 0 saturated heterocycles. The fourth-order valence-electron chi connectivity index (χ4n) is 3.38. The molecule has 19 heavy (non-hydrogen) atoms. The molecular formula is C15H18N2O2. The van der Waals surface area contributed by atoms with Crippen molar-refractivity contribution in [1.82, 2.24) is 9.55 Å². The highest BCUT2D eigenvalue weighted by atomic mass is 16.4. The first-order valence-corrected chi connectivity index (χ1v) is 6.74. The van der Waals surface area contributed by atoms with Gasteiger partial charge in [0.15, 0.2) is 0 Å². The molecule has 0 spiro atoms. The summed E-state index contributed by atoms with van der Waals surface area (Å²) >= 11 is 0. The van der Waals surface area contributed by atoms with Crippen LogP contribution in [0.4, 0.5) is 0 Å². The largest absolute Gasteiger partial charge is 0.481 e. The first kappa shape index (κ1) is 12.2. The predicted octanol–water partition coefficient (Wildman–Crippen LogP) is 2.85. The molecule has 1 N–H and O–H groups in total. The van der Waals surface area contributed by atoms with Crippen LogP contribution >= 0.6 is 0 Å². The summed E-state index contributed by atoms with van der Waals surface area (Å²) in [4.78, 5) is 16.0. The second-order valence-electron chi connectivity index (χ2n) is 5.45. The van der Waals surface area contributed by atoms with Gasteiger partial charge >= 0.3 is 5.97 Å². The highest BCUT2D eigenvalue weighted by Gasteiger charge is 2.36. The van der Waals surface area contributed by atoms with Gasteiger partial charge in [0.05, 0.1) is 17.0 Å². The summed E-state index contributed by atoms with van der Waals surface area (Å²) in [5.41, 5.74) is 3.27. The summed E-state index contributed by atoms with van der Waals surface area (Å²) in [6.07, 6.45) is 2.67. The van der Waals surface area contributed by atoms with E-state index < -0.39 is 5.97 Å². The Bertz CT molecular complexity index is 645. The minimum Gasteiger partial charge on any atom is -0.481 e. The Morgan fingerprint density at radius 3 is 2.89 bits per heavy atom. The van der Waals surface area contributed by atoms with Gasteiger partial charge in [-0.2, -0.15) is 0 Å². The fourth-order valence-corrected chi connectivity index (χ4v) is 3.38. The van der Waals surface area contributed by atoms with Crippen molar-refractivity contribution in [2.75, 3.05) is 0 Å². The van der Waals surface area contributed by atoms with E-state index in [2.05, 4.69) is 22.5 Å². The molecule has 2 atom stereocenters. The number of aromatic nitrogens is 2. The maximum atomic E-state index is 11.3. The van der Waals surface area contributed by atoms with Crippen molar-refractivity contribution in [2.24, 2.45) is 13.0 Å². The predicted molar refractivity (Wildman–Crippen MR) is 73.2 cm³/mol. The van der Waals surface area contributed by atoms with E-state index in [0.717, 1.165) is 36.1 Å². The van der Waals surface area contributed by atoms with E-state index >= 15 is 0 Å². The van der Waals surface area contributed by atoms with Crippen LogP contribution in [0, 0.1) is 12.8 Å². The lowest BCUT2D eigenvalue weighted by molar-refractivity contribution is -0.142. The molecule has 0 radical (unpaired) electrons. The van der Waals surface area contributed by atoms with Crippen molar-refractivity contribution in [3.05, 3.63) is 29.6 Å². The Kier molecular flexibility index (Phi) is 2.81. The van der Waals surface area contributed by atoms with Crippen molar-refractivity contribution in [1.29, 1.82) is 0 Å². The number of imidazole rings is 1. The number of carboxylic acids is 1. The van der Waals surface area contributed by atoms with Gasteiger partial charge in [0.2, 0.25) is 0 Å². The van der Waals surface area contributed by atoms with Gasteiger partial charge in [0.25, 0.3) is 0 Å². The number of rotatable bonds is 2. The number of aryl methyl sites for hydroxylation is 2. The number of nitrogens with zero attached hydrogens (tertiary/aromatic N) is 2. The van der Waals surface area contributed by atoms with Gasteiger partial charge in [-0.15, -0.1) is 0 Å². The lowest BCUT2D eigenvalue weighted by Gasteiger charge is -2.15. The first-order chi connectivity index (χ1) is 9.09. The molecule has 1 aliphatic rings. The summed E-state index contributed by atoms with van der Waals surface area (Å²) in [6, 6.07) is 6.06. The van der Waals surface area contributed by atoms with Gasteiger partial charge in [-0.05, 0) is 31.4 Å². The van der Waals surface area contributed by atoms with Gasteiger partial charge in [0.1, 0.15) is 5.82 Å². The van der Waals surface area contributed by atoms with Gasteiger partial charge < -0.3 is 9.67 Å². The third kappa shape index (κ3) is 1.82. The third-order valence-electron chi connectivity index (χ3n) is 4.30. The quantitative estimate of drug-likeness (QED) is 0.901. The van der Waals surface area contributed by atoms with Crippen LogP contribution in [0.5, 0.6) is 0 Å². The van der Waals surface area contributed by atoms with Crippen LogP contribution in [-0.2, 0) is 11.8 Å². The number of benzene rings is 1. The fraction of sp³-hybridized carbons (Fsp3) is 0.467. The minimum atomic E-state index is -0.689. The zero-order valence-corrected chi connectivity index (χ0v) is 11.3. The molecule has 0 aliphatic heterocycles. The number of hydrogen-bond donors (Lipinski definition) is 1. The molecule has 1 aromatic carbocycles. The number of aliphatic carboxylic acids is 1. The van der Waals surface area contributed by atoms with E-state index in [1.165, 1.54) is 5.56 Å². The van der Waals surface area contributed by atoms with E-state index in [9.17, 15) is 9.90 Å². The minimum absolute atomic E-state index is 0.0503. The Balaban J connectivity index is 2.13. The second-order valence-corrected chi connectivity index (χ2v) is 5.45. The SMILES string of the molecule is Cc1cccc2nc(C3CCCC3C(=O)O)n(C)c12. The average Bonchev–Trinajstić information content (AvgIpc) is 2.94. The molecule has 2 unspecified atom stereocenters. The average molecular weight is 258 g/mol.